The Balaban J connectivity index is 1.63. The highest BCUT2D eigenvalue weighted by atomic mass is 32.2. The minimum atomic E-state index is -2.18. The summed E-state index contributed by atoms with van der Waals surface area (Å²) in [5, 5.41) is 8.78. The van der Waals surface area contributed by atoms with Crippen LogP contribution in [0.3, 0.4) is 0 Å². The zero-order valence-corrected chi connectivity index (χ0v) is 18.6. The number of rotatable bonds is 9. The van der Waals surface area contributed by atoms with Gasteiger partial charge in [0.2, 0.25) is 5.91 Å². The number of hydrazine groups is 2. The van der Waals surface area contributed by atoms with Crippen molar-refractivity contribution < 1.29 is 24.0 Å². The lowest BCUT2D eigenvalue weighted by Gasteiger charge is -2.30. The molecule has 4 N–H and O–H groups in total. The standard InChI is InChI=1S/C21H28FN5O4S/c1-2-3-10-15(18(22)20(29)25-31)21(30)26-12-7-11-16(26)19(28)24-27-23-13-17(32-27)14-8-5-4-6-9-14/h4-6,8-9,13,15-16,18,23,31H,2-3,7,10-12H2,1H3,(H,24,28)(H,25,29). The summed E-state index contributed by atoms with van der Waals surface area (Å²) < 4.78 is 16.1. The molecule has 2 aliphatic heterocycles. The van der Waals surface area contributed by atoms with E-state index < -0.39 is 35.9 Å². The number of nitrogens with zero attached hydrogens (tertiary/aromatic N) is 2. The number of carbonyl (C=O) groups excluding carboxylic acids is 3. The van der Waals surface area contributed by atoms with E-state index in [9.17, 15) is 18.8 Å². The molecule has 0 aromatic heterocycles. The molecule has 0 radical (unpaired) electrons. The molecule has 0 spiro atoms. The average molecular weight is 466 g/mol. The molecular formula is C21H28FN5O4S. The van der Waals surface area contributed by atoms with Gasteiger partial charge in [0.15, 0.2) is 6.17 Å². The van der Waals surface area contributed by atoms with Crippen LogP contribution in [0, 0.1) is 5.92 Å². The number of nitrogens with one attached hydrogen (secondary N) is 3. The summed E-state index contributed by atoms with van der Waals surface area (Å²) in [5.41, 5.74) is 7.97. The van der Waals surface area contributed by atoms with Crippen LogP contribution in [0.15, 0.2) is 36.5 Å². The largest absolute Gasteiger partial charge is 0.330 e. The molecule has 1 saturated heterocycles. The molecule has 1 fully saturated rings. The van der Waals surface area contributed by atoms with Gasteiger partial charge in [-0.2, -0.15) is 0 Å². The number of halogens is 1. The third-order valence-electron chi connectivity index (χ3n) is 5.51. The summed E-state index contributed by atoms with van der Waals surface area (Å²) in [6.45, 7) is 2.20. The maximum atomic E-state index is 14.6. The zero-order chi connectivity index (χ0) is 23.1. The second-order valence-corrected chi connectivity index (χ2v) is 8.67. The second-order valence-electron chi connectivity index (χ2n) is 7.68. The zero-order valence-electron chi connectivity index (χ0n) is 17.8. The van der Waals surface area contributed by atoms with E-state index in [4.69, 9.17) is 5.21 Å². The van der Waals surface area contributed by atoms with Crippen LogP contribution in [0.5, 0.6) is 0 Å². The Morgan fingerprint density at radius 2 is 2.06 bits per heavy atom. The molecule has 3 unspecified atom stereocenters. The lowest BCUT2D eigenvalue weighted by molar-refractivity contribution is -0.149. The summed E-state index contributed by atoms with van der Waals surface area (Å²) in [4.78, 5) is 39.9. The van der Waals surface area contributed by atoms with Gasteiger partial charge < -0.3 is 4.90 Å². The number of hydrogen-bond donors (Lipinski definition) is 4. The number of alkyl halides is 1. The molecule has 0 saturated carbocycles. The number of carbonyl (C=O) groups is 3. The van der Waals surface area contributed by atoms with Crippen molar-refractivity contribution in [2.45, 2.75) is 51.2 Å². The Morgan fingerprint density at radius 3 is 2.75 bits per heavy atom. The Labute approximate surface area is 190 Å². The smallest absolute Gasteiger partial charge is 0.278 e. The van der Waals surface area contributed by atoms with Crippen LogP contribution in [0.2, 0.25) is 0 Å². The Bertz CT molecular complexity index is 856. The lowest BCUT2D eigenvalue weighted by Crippen LogP contribution is -2.53. The van der Waals surface area contributed by atoms with Gasteiger partial charge in [-0.3, -0.25) is 30.4 Å². The van der Waals surface area contributed by atoms with Crippen LogP contribution in [-0.4, -0.2) is 51.1 Å². The van der Waals surface area contributed by atoms with Crippen LogP contribution in [0.4, 0.5) is 4.39 Å². The van der Waals surface area contributed by atoms with E-state index in [0.717, 1.165) is 16.9 Å². The topological polar surface area (TPSA) is 114 Å². The summed E-state index contributed by atoms with van der Waals surface area (Å²) in [7, 11) is 0. The molecule has 32 heavy (non-hydrogen) atoms. The van der Waals surface area contributed by atoms with Gasteiger partial charge in [0.1, 0.15) is 6.04 Å². The third-order valence-corrected chi connectivity index (χ3v) is 6.44. The van der Waals surface area contributed by atoms with Gasteiger partial charge in [0.25, 0.3) is 11.8 Å². The minimum absolute atomic E-state index is 0.155. The SMILES string of the molecule is CCCCC(C(=O)N1CCCC1C(=O)NN1NC=C(c2ccccc2)S1)C(F)C(=O)NO. The molecule has 2 heterocycles. The molecule has 3 rings (SSSR count). The van der Waals surface area contributed by atoms with E-state index >= 15 is 0 Å². The molecule has 1 aromatic carbocycles. The molecular weight excluding hydrogens is 437 g/mol. The quantitative estimate of drug-likeness (QED) is 0.251. The number of amides is 3. The van der Waals surface area contributed by atoms with Crippen molar-refractivity contribution in [3.8, 4) is 0 Å². The van der Waals surface area contributed by atoms with Gasteiger partial charge in [-0.25, -0.2) is 9.87 Å². The number of unbranched alkanes of at least 4 members (excludes halogenated alkanes) is 1. The number of benzene rings is 1. The van der Waals surface area contributed by atoms with E-state index in [1.54, 1.807) is 6.20 Å². The first-order valence-corrected chi connectivity index (χ1v) is 11.4. The van der Waals surface area contributed by atoms with Crippen molar-refractivity contribution in [3.05, 3.63) is 42.1 Å². The van der Waals surface area contributed by atoms with Gasteiger partial charge in [-0.05, 0) is 24.8 Å². The molecule has 2 aliphatic rings. The monoisotopic (exact) mass is 465 g/mol. The van der Waals surface area contributed by atoms with Crippen molar-refractivity contribution >= 4 is 34.6 Å². The predicted octanol–water partition coefficient (Wildman–Crippen LogP) is 2.13. The van der Waals surface area contributed by atoms with Crippen molar-refractivity contribution in [1.29, 1.82) is 0 Å². The van der Waals surface area contributed by atoms with Crippen LogP contribution >= 0.6 is 11.9 Å². The fourth-order valence-corrected chi connectivity index (χ4v) is 4.60. The van der Waals surface area contributed by atoms with Gasteiger partial charge in [-0.15, -0.1) is 0 Å². The first-order chi connectivity index (χ1) is 15.5. The molecule has 0 bridgehead atoms. The highest BCUT2D eigenvalue weighted by molar-refractivity contribution is 8.06. The van der Waals surface area contributed by atoms with Crippen molar-refractivity contribution in [2.24, 2.45) is 5.92 Å². The van der Waals surface area contributed by atoms with E-state index in [-0.39, 0.29) is 6.42 Å². The fourth-order valence-electron chi connectivity index (χ4n) is 3.82. The van der Waals surface area contributed by atoms with Crippen LogP contribution in [0.1, 0.15) is 44.6 Å². The fraction of sp³-hybridized carbons (Fsp3) is 0.476. The summed E-state index contributed by atoms with van der Waals surface area (Å²) in [6, 6.07) is 8.90. The highest BCUT2D eigenvalue weighted by Gasteiger charge is 2.42. The van der Waals surface area contributed by atoms with Gasteiger partial charge in [-0.1, -0.05) is 54.6 Å². The molecule has 174 valence electrons. The molecule has 11 heteroatoms. The van der Waals surface area contributed by atoms with E-state index in [1.807, 2.05) is 37.3 Å². The summed E-state index contributed by atoms with van der Waals surface area (Å²) >= 11 is 1.30. The van der Waals surface area contributed by atoms with E-state index in [2.05, 4.69) is 10.9 Å². The highest BCUT2D eigenvalue weighted by Crippen LogP contribution is 2.32. The van der Waals surface area contributed by atoms with Gasteiger partial charge in [0, 0.05) is 24.7 Å². The van der Waals surface area contributed by atoms with Crippen LogP contribution in [0.25, 0.3) is 4.91 Å². The van der Waals surface area contributed by atoms with Crippen LogP contribution in [-0.2, 0) is 14.4 Å². The van der Waals surface area contributed by atoms with E-state index in [0.29, 0.717) is 25.8 Å². The lowest BCUT2D eigenvalue weighted by atomic mass is 9.94. The first kappa shape index (κ1) is 24.0. The van der Waals surface area contributed by atoms with Crippen molar-refractivity contribution in [3.63, 3.8) is 0 Å². The minimum Gasteiger partial charge on any atom is -0.330 e. The summed E-state index contributed by atoms with van der Waals surface area (Å²) in [5.74, 6) is -3.48. The number of hydroxylamine groups is 1. The Hall–Kier alpha value is -2.63. The van der Waals surface area contributed by atoms with Crippen molar-refractivity contribution in [2.75, 3.05) is 6.54 Å². The maximum absolute atomic E-state index is 14.6. The second kappa shape index (κ2) is 11.3. The number of likely N-dealkylation sites (tertiary alicyclic amines) is 1. The average Bonchev–Trinajstić information content (AvgIpc) is 3.49. The van der Waals surface area contributed by atoms with Gasteiger partial charge >= 0.3 is 0 Å². The third kappa shape index (κ3) is 5.59. The Kier molecular flexibility index (Phi) is 8.48. The molecule has 1 aromatic rings. The normalized spacial score (nSPS) is 20.3. The van der Waals surface area contributed by atoms with Crippen molar-refractivity contribution in [1.82, 2.24) is 25.8 Å². The molecule has 9 nitrogen and oxygen atoms in total. The van der Waals surface area contributed by atoms with Crippen LogP contribution < -0.4 is 16.3 Å². The maximum Gasteiger partial charge on any atom is 0.278 e. The molecule has 3 atom stereocenters. The first-order valence-electron chi connectivity index (χ1n) is 10.6. The van der Waals surface area contributed by atoms with Gasteiger partial charge in [0.05, 0.1) is 10.8 Å². The molecule has 3 amide bonds. The van der Waals surface area contributed by atoms with E-state index in [1.165, 1.54) is 26.9 Å². The summed E-state index contributed by atoms with van der Waals surface area (Å²) in [6.07, 6.45) is 2.04. The molecule has 0 aliphatic carbocycles. The number of hydrogen-bond acceptors (Lipinski definition) is 7. The Morgan fingerprint density at radius 1 is 1.31 bits per heavy atom. The predicted molar refractivity (Wildman–Crippen MR) is 118 cm³/mol.